The van der Waals surface area contributed by atoms with Crippen LogP contribution in [0, 0.1) is 11.8 Å². The number of carbonyl (C=O) groups is 1. The Bertz CT molecular complexity index is 899. The fraction of sp³-hybridized carbons (Fsp3) is 0.400. The van der Waals surface area contributed by atoms with Gasteiger partial charge in [0.05, 0.1) is 10.8 Å². The molecule has 1 amide bonds. The molecule has 2 aromatic rings. The van der Waals surface area contributed by atoms with E-state index in [0.29, 0.717) is 5.69 Å². The normalized spacial score (nSPS) is 20.4. The monoisotopic (exact) mass is 420 g/mol. The van der Waals surface area contributed by atoms with Crippen LogP contribution in [0.25, 0.3) is 0 Å². The van der Waals surface area contributed by atoms with Crippen molar-refractivity contribution in [1.29, 1.82) is 0 Å². The average molecular weight is 420 g/mol. The van der Waals surface area contributed by atoms with E-state index >= 15 is 0 Å². The Hall–Kier alpha value is -2.21. The fourth-order valence-electron chi connectivity index (χ4n) is 2.87. The van der Waals surface area contributed by atoms with Gasteiger partial charge in [-0.3, -0.25) is 9.52 Å². The molecule has 1 aromatic carbocycles. The number of hydrogen-bond donors (Lipinski definition) is 2. The average Bonchev–Trinajstić information content (AvgIpc) is 3.25. The van der Waals surface area contributed by atoms with Gasteiger partial charge in [-0.05, 0) is 43.5 Å². The molecule has 146 valence electrons. The van der Waals surface area contributed by atoms with Gasteiger partial charge >= 0.3 is 6.18 Å². The Kier molecular flexibility index (Phi) is 5.38. The van der Waals surface area contributed by atoms with Crippen molar-refractivity contribution < 1.29 is 26.4 Å². The van der Waals surface area contributed by atoms with Gasteiger partial charge in [-0.25, -0.2) is 8.42 Å². The molecule has 27 heavy (non-hydrogen) atoms. The van der Waals surface area contributed by atoms with Crippen LogP contribution in [0.4, 0.5) is 24.0 Å². The van der Waals surface area contributed by atoms with Crippen molar-refractivity contribution in [2.45, 2.75) is 30.3 Å². The van der Waals surface area contributed by atoms with Crippen LogP contribution in [-0.4, -0.2) is 30.7 Å². The summed E-state index contributed by atoms with van der Waals surface area (Å²) >= 11 is 1.02. The first-order valence-electron chi connectivity index (χ1n) is 7.92. The van der Waals surface area contributed by atoms with Gasteiger partial charge in [-0.15, -0.1) is 10.2 Å². The molecule has 1 fully saturated rings. The van der Waals surface area contributed by atoms with Crippen LogP contribution < -0.4 is 10.0 Å². The van der Waals surface area contributed by atoms with E-state index in [0.717, 1.165) is 11.3 Å². The third kappa shape index (κ3) is 4.75. The van der Waals surface area contributed by atoms with Crippen molar-refractivity contribution in [2.75, 3.05) is 10.0 Å². The molecule has 0 aliphatic heterocycles. The van der Waals surface area contributed by atoms with Crippen LogP contribution in [0.3, 0.4) is 0 Å². The summed E-state index contributed by atoms with van der Waals surface area (Å²) in [6.45, 7) is 0. The molecule has 1 aromatic heterocycles. The number of benzene rings is 1. The molecule has 3 rings (SSSR count). The van der Waals surface area contributed by atoms with Gasteiger partial charge < -0.3 is 5.32 Å². The number of aromatic nitrogens is 2. The van der Waals surface area contributed by atoms with Crippen LogP contribution in [0.5, 0.6) is 0 Å². The number of nitrogens with one attached hydrogen (secondary N) is 2. The highest BCUT2D eigenvalue weighted by atomic mass is 32.2. The minimum Gasteiger partial charge on any atom is -0.326 e. The maximum atomic E-state index is 12.7. The maximum Gasteiger partial charge on any atom is 0.391 e. The lowest BCUT2D eigenvalue weighted by Gasteiger charge is -2.15. The molecule has 0 radical (unpaired) electrons. The minimum atomic E-state index is -4.29. The zero-order chi connectivity index (χ0) is 19.7. The maximum absolute atomic E-state index is 12.7. The molecule has 12 heteroatoms. The number of amides is 1. The summed E-state index contributed by atoms with van der Waals surface area (Å²) in [5.41, 5.74) is 1.69. The number of hydrogen-bond acceptors (Lipinski definition) is 6. The van der Waals surface area contributed by atoms with E-state index in [4.69, 9.17) is 0 Å². The summed E-state index contributed by atoms with van der Waals surface area (Å²) in [6.07, 6.45) is -4.40. The second-order valence-corrected chi connectivity index (χ2v) is 8.63. The molecule has 1 aliphatic rings. The quantitative estimate of drug-likeness (QED) is 0.773. The van der Waals surface area contributed by atoms with E-state index in [1.54, 1.807) is 0 Å². The lowest BCUT2D eigenvalue weighted by atomic mass is 10.0. The van der Waals surface area contributed by atoms with Crippen LogP contribution in [0.2, 0.25) is 0 Å². The molecule has 1 saturated carbocycles. The topological polar surface area (TPSA) is 101 Å². The van der Waals surface area contributed by atoms with Gasteiger partial charge in [0.1, 0.15) is 5.51 Å². The highest BCUT2D eigenvalue weighted by Crippen LogP contribution is 2.42. The molecule has 0 bridgehead atoms. The number of carbonyl (C=O) groups excluding carboxylic acids is 1. The standard InChI is InChI=1S/C15H15F3N4O3S2/c16-15(17,18)10-2-1-9(7-10)13(23)20-11-3-5-12(6-4-11)27(24,25)22-14-21-19-8-26-14/h3-6,8-10H,1-2,7H2,(H,20,23)(H,21,22). The van der Waals surface area contributed by atoms with Crippen LogP contribution >= 0.6 is 11.3 Å². The SMILES string of the molecule is O=C(Nc1ccc(S(=O)(=O)Nc2nncs2)cc1)C1CCC(C(F)(F)F)C1. The largest absolute Gasteiger partial charge is 0.391 e. The Morgan fingerprint density at radius 2 is 1.89 bits per heavy atom. The Morgan fingerprint density at radius 3 is 2.44 bits per heavy atom. The molecular weight excluding hydrogens is 405 g/mol. The predicted molar refractivity (Wildman–Crippen MR) is 92.7 cm³/mol. The molecule has 2 N–H and O–H groups in total. The summed E-state index contributed by atoms with van der Waals surface area (Å²) in [4.78, 5) is 12.1. The van der Waals surface area contributed by atoms with Crippen molar-refractivity contribution in [2.24, 2.45) is 11.8 Å². The number of anilines is 2. The minimum absolute atomic E-state index is 0.0475. The van der Waals surface area contributed by atoms with E-state index in [2.05, 4.69) is 20.2 Å². The lowest BCUT2D eigenvalue weighted by molar-refractivity contribution is -0.173. The first-order valence-corrected chi connectivity index (χ1v) is 10.3. The predicted octanol–water partition coefficient (Wildman–Crippen LogP) is 3.26. The van der Waals surface area contributed by atoms with Crippen LogP contribution in [0.15, 0.2) is 34.7 Å². The van der Waals surface area contributed by atoms with Crippen molar-refractivity contribution in [3.05, 3.63) is 29.8 Å². The van der Waals surface area contributed by atoms with Crippen molar-refractivity contribution in [3.63, 3.8) is 0 Å². The molecule has 0 spiro atoms. The summed E-state index contributed by atoms with van der Waals surface area (Å²) in [5, 5.41) is 9.78. The van der Waals surface area contributed by atoms with Gasteiger partial charge in [-0.2, -0.15) is 13.2 Å². The van der Waals surface area contributed by atoms with Gasteiger partial charge in [0, 0.05) is 11.6 Å². The summed E-state index contributed by atoms with van der Waals surface area (Å²) < 4.78 is 64.8. The van der Waals surface area contributed by atoms with Crippen molar-refractivity contribution in [1.82, 2.24) is 10.2 Å². The van der Waals surface area contributed by atoms with Crippen molar-refractivity contribution >= 4 is 38.1 Å². The van der Waals surface area contributed by atoms with E-state index in [9.17, 15) is 26.4 Å². The second kappa shape index (κ2) is 7.43. The van der Waals surface area contributed by atoms with Gasteiger partial charge in [0.15, 0.2) is 0 Å². The van der Waals surface area contributed by atoms with E-state index in [-0.39, 0.29) is 29.3 Å². The number of alkyl halides is 3. The summed E-state index contributed by atoms with van der Waals surface area (Å²) in [5.74, 6) is -2.66. The smallest absolute Gasteiger partial charge is 0.326 e. The fourth-order valence-corrected chi connectivity index (χ4v) is 4.56. The van der Waals surface area contributed by atoms with Gasteiger partial charge in [0.2, 0.25) is 11.0 Å². The van der Waals surface area contributed by atoms with Gasteiger partial charge in [0.25, 0.3) is 10.0 Å². The first kappa shape index (κ1) is 19.5. The second-order valence-electron chi connectivity index (χ2n) is 6.11. The Labute approximate surface area is 157 Å². The Balaban J connectivity index is 1.62. The zero-order valence-corrected chi connectivity index (χ0v) is 15.4. The third-order valence-corrected chi connectivity index (χ3v) is 6.37. The van der Waals surface area contributed by atoms with E-state index in [1.165, 1.54) is 29.8 Å². The van der Waals surface area contributed by atoms with Crippen LogP contribution in [0.1, 0.15) is 19.3 Å². The number of nitrogens with zero attached hydrogens (tertiary/aromatic N) is 2. The molecule has 7 nitrogen and oxygen atoms in total. The van der Waals surface area contributed by atoms with Gasteiger partial charge in [-0.1, -0.05) is 11.3 Å². The summed E-state index contributed by atoms with van der Waals surface area (Å²) in [7, 11) is -3.85. The number of halogens is 3. The molecule has 2 atom stereocenters. The molecule has 1 heterocycles. The molecule has 0 saturated heterocycles. The number of rotatable bonds is 5. The van der Waals surface area contributed by atoms with Crippen molar-refractivity contribution in [3.8, 4) is 0 Å². The zero-order valence-electron chi connectivity index (χ0n) is 13.7. The highest BCUT2D eigenvalue weighted by Gasteiger charge is 2.45. The molecule has 2 unspecified atom stereocenters. The van der Waals surface area contributed by atoms with E-state index in [1.807, 2.05) is 0 Å². The number of sulfonamides is 1. The molecule has 1 aliphatic carbocycles. The highest BCUT2D eigenvalue weighted by molar-refractivity contribution is 7.93. The van der Waals surface area contributed by atoms with Crippen LogP contribution in [-0.2, 0) is 14.8 Å². The van der Waals surface area contributed by atoms with E-state index < -0.39 is 33.9 Å². The third-order valence-electron chi connectivity index (χ3n) is 4.28. The molecular formula is C15H15F3N4O3S2. The Morgan fingerprint density at radius 1 is 1.19 bits per heavy atom. The summed E-state index contributed by atoms with van der Waals surface area (Å²) in [6, 6.07) is 5.32. The first-order chi connectivity index (χ1) is 12.6. The lowest BCUT2D eigenvalue weighted by Crippen LogP contribution is -2.24.